The molecule has 3 rings (SSSR count). The standard InChI is InChI=1S/C23H23Cl2FN2O5S/c1-2-9-23(22(30)31,14-15-5-7-18(26)8-6-15)28(21(29)20-4-3-10-27-20)34(32,33)19-12-16(24)11-17(25)13-19/h2,5-8,11-13,20,27H,1,3-4,9-10,14H2,(H,30,31)/t20-,23?/m0/s1. The third-order valence-electron chi connectivity index (χ3n) is 5.61. The Bertz CT molecular complexity index is 1180. The first-order valence-corrected chi connectivity index (χ1v) is 12.6. The summed E-state index contributed by atoms with van der Waals surface area (Å²) in [7, 11) is -4.76. The number of benzene rings is 2. The number of aliphatic carboxylic acids is 1. The maximum Gasteiger partial charge on any atom is 0.331 e. The van der Waals surface area contributed by atoms with Crippen LogP contribution in [-0.4, -0.2) is 47.8 Å². The number of sulfonamides is 1. The lowest BCUT2D eigenvalue weighted by Gasteiger charge is -2.40. The van der Waals surface area contributed by atoms with Crippen LogP contribution in [0.3, 0.4) is 0 Å². The summed E-state index contributed by atoms with van der Waals surface area (Å²) >= 11 is 12.0. The van der Waals surface area contributed by atoms with Crippen molar-refractivity contribution in [3.8, 4) is 0 Å². The van der Waals surface area contributed by atoms with Crippen LogP contribution in [0.4, 0.5) is 4.39 Å². The van der Waals surface area contributed by atoms with Crippen LogP contribution in [0, 0.1) is 5.82 Å². The number of rotatable bonds is 9. The predicted octanol–water partition coefficient (Wildman–Crippen LogP) is 4.04. The molecule has 34 heavy (non-hydrogen) atoms. The number of hydrogen-bond donors (Lipinski definition) is 2. The molecule has 2 N–H and O–H groups in total. The Hall–Kier alpha value is -2.46. The summed E-state index contributed by atoms with van der Waals surface area (Å²) in [5, 5.41) is 13.3. The van der Waals surface area contributed by atoms with E-state index in [4.69, 9.17) is 23.2 Å². The van der Waals surface area contributed by atoms with Gasteiger partial charge >= 0.3 is 5.97 Å². The van der Waals surface area contributed by atoms with Crippen LogP contribution >= 0.6 is 23.2 Å². The van der Waals surface area contributed by atoms with Gasteiger partial charge in [0, 0.05) is 22.9 Å². The molecule has 1 amide bonds. The van der Waals surface area contributed by atoms with E-state index in [1.54, 1.807) is 0 Å². The van der Waals surface area contributed by atoms with Crippen LogP contribution < -0.4 is 5.32 Å². The van der Waals surface area contributed by atoms with Gasteiger partial charge in [0.15, 0.2) is 5.54 Å². The molecule has 7 nitrogen and oxygen atoms in total. The maximum absolute atomic E-state index is 13.9. The van der Waals surface area contributed by atoms with Crippen molar-refractivity contribution in [3.05, 3.63) is 76.5 Å². The highest BCUT2D eigenvalue weighted by atomic mass is 35.5. The van der Waals surface area contributed by atoms with Gasteiger partial charge in [0.1, 0.15) is 5.82 Å². The van der Waals surface area contributed by atoms with Gasteiger partial charge in [-0.15, -0.1) is 6.58 Å². The Balaban J connectivity index is 2.26. The zero-order valence-corrected chi connectivity index (χ0v) is 20.3. The molecule has 1 unspecified atom stereocenters. The highest BCUT2D eigenvalue weighted by Crippen LogP contribution is 2.35. The molecule has 0 radical (unpaired) electrons. The van der Waals surface area contributed by atoms with Crippen molar-refractivity contribution in [2.24, 2.45) is 0 Å². The second-order valence-corrected chi connectivity index (χ2v) is 10.7. The molecular formula is C23H23Cl2FN2O5S. The molecule has 182 valence electrons. The number of nitrogens with one attached hydrogen (secondary N) is 1. The molecule has 2 atom stereocenters. The van der Waals surface area contributed by atoms with Crippen molar-refractivity contribution in [2.45, 2.75) is 42.2 Å². The van der Waals surface area contributed by atoms with Crippen LogP contribution in [0.25, 0.3) is 0 Å². The molecule has 2 aromatic carbocycles. The molecule has 1 heterocycles. The third kappa shape index (κ3) is 5.27. The number of carbonyl (C=O) groups excluding carboxylic acids is 1. The number of carbonyl (C=O) groups is 2. The lowest BCUT2D eigenvalue weighted by atomic mass is 9.86. The normalized spacial score (nSPS) is 17.7. The van der Waals surface area contributed by atoms with Crippen LogP contribution in [-0.2, 0) is 26.0 Å². The van der Waals surface area contributed by atoms with Gasteiger partial charge in [-0.2, -0.15) is 0 Å². The minimum Gasteiger partial charge on any atom is -0.479 e. The van der Waals surface area contributed by atoms with Crippen LogP contribution in [0.1, 0.15) is 24.8 Å². The summed E-state index contributed by atoms with van der Waals surface area (Å²) in [4.78, 5) is 26.0. The van der Waals surface area contributed by atoms with Crippen LogP contribution in [0.15, 0.2) is 60.0 Å². The summed E-state index contributed by atoms with van der Waals surface area (Å²) in [6, 6.07) is 7.57. The molecule has 0 saturated carbocycles. The number of halogens is 3. The largest absolute Gasteiger partial charge is 0.479 e. The van der Waals surface area contributed by atoms with E-state index in [9.17, 15) is 27.5 Å². The Kier molecular flexibility index (Phi) is 8.02. The summed E-state index contributed by atoms with van der Waals surface area (Å²) in [6.45, 7) is 4.07. The van der Waals surface area contributed by atoms with E-state index in [2.05, 4.69) is 11.9 Å². The zero-order chi connectivity index (χ0) is 25.1. The van der Waals surface area contributed by atoms with Gasteiger partial charge in [0.25, 0.3) is 15.9 Å². The fourth-order valence-corrected chi connectivity index (χ4v) is 6.49. The zero-order valence-electron chi connectivity index (χ0n) is 18.0. The topological polar surface area (TPSA) is 104 Å². The Labute approximate surface area is 207 Å². The number of amides is 1. The van der Waals surface area contributed by atoms with Crippen LogP contribution in [0.5, 0.6) is 0 Å². The van der Waals surface area contributed by atoms with Gasteiger partial charge in [-0.25, -0.2) is 21.9 Å². The van der Waals surface area contributed by atoms with Gasteiger partial charge in [-0.05, 0) is 55.3 Å². The number of carboxylic acids is 1. The first-order chi connectivity index (χ1) is 16.0. The summed E-state index contributed by atoms with van der Waals surface area (Å²) in [5.41, 5.74) is -1.96. The van der Waals surface area contributed by atoms with E-state index in [0.717, 1.165) is 24.3 Å². The van der Waals surface area contributed by atoms with E-state index >= 15 is 0 Å². The van der Waals surface area contributed by atoms with E-state index in [0.29, 0.717) is 29.3 Å². The highest BCUT2D eigenvalue weighted by Gasteiger charge is 2.53. The van der Waals surface area contributed by atoms with Crippen molar-refractivity contribution < 1.29 is 27.5 Å². The molecule has 11 heteroatoms. The summed E-state index contributed by atoms with van der Waals surface area (Å²) in [6.07, 6.45) is 1.38. The van der Waals surface area contributed by atoms with Crippen molar-refractivity contribution in [3.63, 3.8) is 0 Å². The number of carboxylic acid groups (broad SMARTS) is 1. The molecule has 1 aliphatic rings. The van der Waals surface area contributed by atoms with Gasteiger partial charge in [-0.3, -0.25) is 4.79 Å². The molecule has 2 aromatic rings. The fraction of sp³-hybridized carbons (Fsp3) is 0.304. The Morgan fingerprint density at radius 1 is 1.21 bits per heavy atom. The molecular weight excluding hydrogens is 506 g/mol. The molecule has 0 bridgehead atoms. The summed E-state index contributed by atoms with van der Waals surface area (Å²) in [5.74, 6) is -3.02. The van der Waals surface area contributed by atoms with Crippen molar-refractivity contribution in [1.29, 1.82) is 0 Å². The molecule has 0 spiro atoms. The predicted molar refractivity (Wildman–Crippen MR) is 127 cm³/mol. The van der Waals surface area contributed by atoms with Gasteiger partial charge in [-0.1, -0.05) is 41.4 Å². The van der Waals surface area contributed by atoms with E-state index in [1.165, 1.54) is 24.3 Å². The van der Waals surface area contributed by atoms with Crippen molar-refractivity contribution in [2.75, 3.05) is 6.54 Å². The second-order valence-electron chi connectivity index (χ2n) is 7.99. The Morgan fingerprint density at radius 3 is 2.32 bits per heavy atom. The van der Waals surface area contributed by atoms with E-state index < -0.39 is 57.0 Å². The smallest absolute Gasteiger partial charge is 0.331 e. The van der Waals surface area contributed by atoms with Gasteiger partial charge in [0.05, 0.1) is 10.9 Å². The van der Waals surface area contributed by atoms with Crippen molar-refractivity contribution >= 4 is 45.1 Å². The first kappa shape index (κ1) is 26.2. The van der Waals surface area contributed by atoms with Crippen LogP contribution in [0.2, 0.25) is 10.0 Å². The van der Waals surface area contributed by atoms with E-state index in [1.807, 2.05) is 0 Å². The quantitative estimate of drug-likeness (QED) is 0.476. The molecule has 1 fully saturated rings. The second kappa shape index (κ2) is 10.4. The third-order valence-corrected chi connectivity index (χ3v) is 7.89. The van der Waals surface area contributed by atoms with Crippen molar-refractivity contribution in [1.82, 2.24) is 9.62 Å². The van der Waals surface area contributed by atoms with Gasteiger partial charge in [0.2, 0.25) is 0 Å². The lowest BCUT2D eigenvalue weighted by molar-refractivity contribution is -0.154. The average Bonchev–Trinajstić information content (AvgIpc) is 3.29. The molecule has 0 aromatic heterocycles. The summed E-state index contributed by atoms with van der Waals surface area (Å²) < 4.78 is 41.7. The fourth-order valence-electron chi connectivity index (χ4n) is 4.03. The number of nitrogens with zero attached hydrogens (tertiary/aromatic N) is 1. The van der Waals surface area contributed by atoms with Gasteiger partial charge < -0.3 is 10.4 Å². The molecule has 1 saturated heterocycles. The molecule has 1 aliphatic heterocycles. The average molecular weight is 529 g/mol. The Morgan fingerprint density at radius 2 is 1.82 bits per heavy atom. The lowest BCUT2D eigenvalue weighted by Crippen LogP contribution is -2.63. The minimum atomic E-state index is -4.76. The molecule has 0 aliphatic carbocycles. The number of hydrogen-bond acceptors (Lipinski definition) is 5. The minimum absolute atomic E-state index is 0.000598. The maximum atomic E-state index is 13.9. The monoisotopic (exact) mass is 528 g/mol. The first-order valence-electron chi connectivity index (χ1n) is 10.4. The van der Waals surface area contributed by atoms with E-state index in [-0.39, 0.29) is 10.0 Å². The SMILES string of the molecule is C=CCC(Cc1ccc(F)cc1)(C(=O)O)N(C(=O)[C@@H]1CCCN1)S(=O)(=O)c1cc(Cl)cc(Cl)c1. The highest BCUT2D eigenvalue weighted by molar-refractivity contribution is 7.89.